The smallest absolute Gasteiger partial charge is 0.326 e. The first-order chi connectivity index (χ1) is 9.56. The number of rotatable bonds is 8. The number of ether oxygens (including phenoxy) is 1. The van der Waals surface area contributed by atoms with Crippen LogP contribution in [0.15, 0.2) is 0 Å². The van der Waals surface area contributed by atoms with Crippen LogP contribution in [-0.2, 0) is 19.1 Å². The molecule has 0 aliphatic heterocycles. The lowest BCUT2D eigenvalue weighted by Crippen LogP contribution is -2.49. The Bertz CT molecular complexity index is 381. The minimum atomic E-state index is -1.34. The molecule has 0 aliphatic carbocycles. The fourth-order valence-electron chi connectivity index (χ4n) is 1.40. The molecule has 21 heavy (non-hydrogen) atoms. The van der Waals surface area contributed by atoms with Crippen molar-refractivity contribution in [2.75, 3.05) is 12.0 Å². The molecule has 8 heteroatoms. The monoisotopic (exact) mass is 320 g/mol. The molecule has 0 aromatic rings. The topological polar surface area (TPSA) is 119 Å². The molecule has 0 rings (SSSR count). The van der Waals surface area contributed by atoms with E-state index in [1.54, 1.807) is 20.8 Å². The number of hydrogen-bond donors (Lipinski definition) is 3. The maximum atomic E-state index is 11.8. The molecule has 1 amide bonds. The van der Waals surface area contributed by atoms with Crippen LogP contribution in [0.5, 0.6) is 0 Å². The third kappa shape index (κ3) is 9.30. The van der Waals surface area contributed by atoms with Gasteiger partial charge in [0.25, 0.3) is 0 Å². The summed E-state index contributed by atoms with van der Waals surface area (Å²) in [6.07, 6.45) is 1.88. The zero-order valence-electron chi connectivity index (χ0n) is 12.8. The van der Waals surface area contributed by atoms with Crippen molar-refractivity contribution in [3.05, 3.63) is 0 Å². The molecule has 0 fully saturated rings. The second-order valence-corrected chi connectivity index (χ2v) is 6.56. The summed E-state index contributed by atoms with van der Waals surface area (Å²) in [7, 11) is 0. The largest absolute Gasteiger partial charge is 0.480 e. The summed E-state index contributed by atoms with van der Waals surface area (Å²) >= 11 is 1.54. The summed E-state index contributed by atoms with van der Waals surface area (Å²) in [5, 5.41) is 11.3. The molecule has 0 saturated carbocycles. The van der Waals surface area contributed by atoms with E-state index < -0.39 is 42.0 Å². The van der Waals surface area contributed by atoms with Gasteiger partial charge in [0.2, 0.25) is 5.91 Å². The highest BCUT2D eigenvalue weighted by molar-refractivity contribution is 7.98. The van der Waals surface area contributed by atoms with E-state index in [-0.39, 0.29) is 0 Å². The van der Waals surface area contributed by atoms with Gasteiger partial charge in [0, 0.05) is 0 Å². The predicted octanol–water partition coefficient (Wildman–Crippen LogP) is 0.368. The highest BCUT2D eigenvalue weighted by atomic mass is 32.2. The summed E-state index contributed by atoms with van der Waals surface area (Å²) in [6.45, 7) is 5.03. The van der Waals surface area contributed by atoms with E-state index in [0.717, 1.165) is 0 Å². The van der Waals surface area contributed by atoms with Crippen LogP contribution in [0.2, 0.25) is 0 Å². The van der Waals surface area contributed by atoms with Crippen molar-refractivity contribution in [2.24, 2.45) is 5.73 Å². The van der Waals surface area contributed by atoms with Crippen LogP contribution in [0.1, 0.15) is 33.6 Å². The molecule has 0 unspecified atom stereocenters. The van der Waals surface area contributed by atoms with Gasteiger partial charge in [-0.05, 0) is 39.2 Å². The molecule has 0 spiro atoms. The van der Waals surface area contributed by atoms with Crippen LogP contribution in [0.3, 0.4) is 0 Å². The van der Waals surface area contributed by atoms with E-state index in [4.69, 9.17) is 15.6 Å². The molecule has 0 aromatic carbocycles. The van der Waals surface area contributed by atoms with Crippen molar-refractivity contribution in [2.45, 2.75) is 51.3 Å². The van der Waals surface area contributed by atoms with Gasteiger partial charge in [-0.1, -0.05) is 0 Å². The third-order valence-corrected chi connectivity index (χ3v) is 3.02. The van der Waals surface area contributed by atoms with Crippen molar-refractivity contribution < 1.29 is 24.2 Å². The number of thioether (sulfide) groups is 1. The maximum Gasteiger partial charge on any atom is 0.326 e. The molecule has 2 atom stereocenters. The summed E-state index contributed by atoms with van der Waals surface area (Å²) in [6, 6.07) is -2.13. The molecule has 0 aliphatic rings. The Labute approximate surface area is 129 Å². The van der Waals surface area contributed by atoms with Gasteiger partial charge in [-0.15, -0.1) is 0 Å². The normalized spacial score (nSPS) is 14.1. The molecule has 7 nitrogen and oxygen atoms in total. The predicted molar refractivity (Wildman–Crippen MR) is 81.0 cm³/mol. The first kappa shape index (κ1) is 19.7. The first-order valence-electron chi connectivity index (χ1n) is 6.56. The standard InChI is InChI=1S/C13H24N2O5S/c1-13(2,3)20-10(16)7-9(12(18)19)15-11(17)8(14)5-6-21-4/h8-9H,5-7,14H2,1-4H3,(H,15,17)(H,18,19)/t8-,9-/m0/s1. The summed E-state index contributed by atoms with van der Waals surface area (Å²) in [5.74, 6) is -1.88. The molecule has 122 valence electrons. The van der Waals surface area contributed by atoms with Crippen molar-refractivity contribution in [3.8, 4) is 0 Å². The highest BCUT2D eigenvalue weighted by Crippen LogP contribution is 2.09. The summed E-state index contributed by atoms with van der Waals surface area (Å²) in [5.41, 5.74) is 4.94. The Hall–Kier alpha value is -1.28. The minimum absolute atomic E-state index is 0.436. The maximum absolute atomic E-state index is 11.8. The number of carbonyl (C=O) groups is 3. The van der Waals surface area contributed by atoms with E-state index in [1.165, 1.54) is 11.8 Å². The van der Waals surface area contributed by atoms with Gasteiger partial charge in [0.05, 0.1) is 12.5 Å². The number of aliphatic carboxylic acids is 1. The van der Waals surface area contributed by atoms with E-state index >= 15 is 0 Å². The summed E-state index contributed by atoms with van der Waals surface area (Å²) in [4.78, 5) is 34.5. The lowest BCUT2D eigenvalue weighted by molar-refractivity contribution is -0.158. The fourth-order valence-corrected chi connectivity index (χ4v) is 1.89. The van der Waals surface area contributed by atoms with Crippen LogP contribution in [-0.4, -0.2) is 52.6 Å². The second kappa shape index (κ2) is 8.89. The number of carboxylic acids is 1. The SMILES string of the molecule is CSCC[C@H](N)C(=O)N[C@@H](CC(=O)OC(C)(C)C)C(=O)O. The average Bonchev–Trinajstić information content (AvgIpc) is 2.32. The number of carboxylic acid groups (broad SMARTS) is 1. The van der Waals surface area contributed by atoms with Gasteiger partial charge in [-0.2, -0.15) is 11.8 Å². The van der Waals surface area contributed by atoms with Crippen LogP contribution in [0.4, 0.5) is 0 Å². The fraction of sp³-hybridized carbons (Fsp3) is 0.769. The highest BCUT2D eigenvalue weighted by Gasteiger charge is 2.28. The number of esters is 1. The average molecular weight is 320 g/mol. The quantitative estimate of drug-likeness (QED) is 0.553. The molecule has 0 heterocycles. The minimum Gasteiger partial charge on any atom is -0.480 e. The van der Waals surface area contributed by atoms with Gasteiger partial charge >= 0.3 is 11.9 Å². The van der Waals surface area contributed by atoms with Crippen molar-refractivity contribution in [3.63, 3.8) is 0 Å². The van der Waals surface area contributed by atoms with Crippen LogP contribution in [0, 0.1) is 0 Å². The Morgan fingerprint density at radius 2 is 1.90 bits per heavy atom. The Kier molecular flexibility index (Phi) is 8.34. The number of nitrogens with two attached hydrogens (primary N) is 1. The molecular formula is C13H24N2O5S. The molecular weight excluding hydrogens is 296 g/mol. The second-order valence-electron chi connectivity index (χ2n) is 5.58. The van der Waals surface area contributed by atoms with Gasteiger partial charge in [0.15, 0.2) is 0 Å². The number of hydrogen-bond acceptors (Lipinski definition) is 6. The zero-order chi connectivity index (χ0) is 16.6. The van der Waals surface area contributed by atoms with E-state index in [2.05, 4.69) is 5.32 Å². The van der Waals surface area contributed by atoms with Gasteiger partial charge in [-0.25, -0.2) is 4.79 Å². The Morgan fingerprint density at radius 1 is 1.33 bits per heavy atom. The summed E-state index contributed by atoms with van der Waals surface area (Å²) < 4.78 is 5.04. The zero-order valence-corrected chi connectivity index (χ0v) is 13.7. The number of amides is 1. The lowest BCUT2D eigenvalue weighted by Gasteiger charge is -2.22. The molecule has 0 bridgehead atoms. The van der Waals surface area contributed by atoms with Gasteiger partial charge in [-0.3, -0.25) is 9.59 Å². The molecule has 0 aromatic heterocycles. The molecule has 4 N–H and O–H groups in total. The van der Waals surface area contributed by atoms with Gasteiger partial charge in [0.1, 0.15) is 11.6 Å². The van der Waals surface area contributed by atoms with Crippen LogP contribution < -0.4 is 11.1 Å². The van der Waals surface area contributed by atoms with Crippen molar-refractivity contribution >= 4 is 29.6 Å². The lowest BCUT2D eigenvalue weighted by atomic mass is 10.1. The Balaban J connectivity index is 4.53. The van der Waals surface area contributed by atoms with Crippen LogP contribution in [0.25, 0.3) is 0 Å². The molecule has 0 saturated heterocycles. The first-order valence-corrected chi connectivity index (χ1v) is 7.95. The van der Waals surface area contributed by atoms with Crippen LogP contribution >= 0.6 is 11.8 Å². The van der Waals surface area contributed by atoms with Crippen molar-refractivity contribution in [1.82, 2.24) is 5.32 Å². The number of carbonyl (C=O) groups excluding carboxylic acids is 2. The van der Waals surface area contributed by atoms with Crippen molar-refractivity contribution in [1.29, 1.82) is 0 Å². The number of nitrogens with one attached hydrogen (secondary N) is 1. The van der Waals surface area contributed by atoms with Gasteiger partial charge < -0.3 is 20.9 Å². The third-order valence-electron chi connectivity index (χ3n) is 2.38. The van der Waals surface area contributed by atoms with E-state index in [1.807, 2.05) is 6.26 Å². The Morgan fingerprint density at radius 3 is 2.33 bits per heavy atom. The van der Waals surface area contributed by atoms with E-state index in [9.17, 15) is 14.4 Å². The molecule has 0 radical (unpaired) electrons. The van der Waals surface area contributed by atoms with E-state index in [0.29, 0.717) is 12.2 Å².